The molecule has 3 atom stereocenters. The molecule has 5 aromatic rings. The maximum Gasteiger partial charge on any atom is 0.261 e. The van der Waals surface area contributed by atoms with Crippen LogP contribution in [0, 0.1) is 11.6 Å². The third-order valence-electron chi connectivity index (χ3n) is 9.33. The van der Waals surface area contributed by atoms with Gasteiger partial charge in [-0.25, -0.2) is 13.2 Å². The van der Waals surface area contributed by atoms with Gasteiger partial charge in [0.1, 0.15) is 24.1 Å². The normalized spacial score (nSPS) is 18.0. The van der Waals surface area contributed by atoms with Gasteiger partial charge in [0.2, 0.25) is 0 Å². The molecule has 0 saturated carbocycles. The summed E-state index contributed by atoms with van der Waals surface area (Å²) < 4.78 is 54.9. The van der Waals surface area contributed by atoms with Crippen molar-refractivity contribution in [1.29, 1.82) is 0 Å². The number of halogens is 3. The Morgan fingerprint density at radius 2 is 1.50 bits per heavy atom. The minimum absolute atomic E-state index is 0.0897. The Morgan fingerprint density at radius 1 is 0.935 bits per heavy atom. The van der Waals surface area contributed by atoms with Crippen molar-refractivity contribution in [3.63, 3.8) is 0 Å². The molecule has 8 heteroatoms. The van der Waals surface area contributed by atoms with E-state index in [2.05, 4.69) is 50.0 Å². The van der Waals surface area contributed by atoms with E-state index in [1.165, 1.54) is 0 Å². The van der Waals surface area contributed by atoms with Crippen molar-refractivity contribution < 1.29 is 22.4 Å². The van der Waals surface area contributed by atoms with Gasteiger partial charge in [0.15, 0.2) is 0 Å². The summed E-state index contributed by atoms with van der Waals surface area (Å²) in [6.45, 7) is 8.09. The maximum absolute atomic E-state index is 16.5. The summed E-state index contributed by atoms with van der Waals surface area (Å²) in [5.74, 6) is -1.68. The molecule has 0 saturated heterocycles. The lowest BCUT2D eigenvalue weighted by Gasteiger charge is -2.44. The average Bonchev–Trinajstić information content (AvgIpc) is 3.40. The van der Waals surface area contributed by atoms with Crippen LogP contribution in [0.2, 0.25) is 5.04 Å². The van der Waals surface area contributed by atoms with Crippen molar-refractivity contribution in [1.82, 2.24) is 9.88 Å². The number of fused-ring (bicyclic) bond motifs is 3. The van der Waals surface area contributed by atoms with Crippen molar-refractivity contribution in [2.45, 2.75) is 57.4 Å². The molecule has 0 bridgehead atoms. The highest BCUT2D eigenvalue weighted by atomic mass is 28.4. The van der Waals surface area contributed by atoms with Gasteiger partial charge < -0.3 is 9.41 Å². The van der Waals surface area contributed by atoms with Crippen LogP contribution in [-0.4, -0.2) is 49.9 Å². The number of aromatic nitrogens is 1. The van der Waals surface area contributed by atoms with Gasteiger partial charge in [0, 0.05) is 40.3 Å². The summed E-state index contributed by atoms with van der Waals surface area (Å²) in [4.78, 5) is 16.6. The molecular formula is C38H39F3N2O2Si. The molecule has 1 aliphatic rings. The Kier molecular flexibility index (Phi) is 8.80. The first-order valence-electron chi connectivity index (χ1n) is 15.7. The summed E-state index contributed by atoms with van der Waals surface area (Å²) >= 11 is 0. The summed E-state index contributed by atoms with van der Waals surface area (Å²) in [5.41, 5.74) is 2.15. The van der Waals surface area contributed by atoms with Crippen LogP contribution in [0.15, 0.2) is 97.1 Å². The predicted octanol–water partition coefficient (Wildman–Crippen LogP) is 7.51. The van der Waals surface area contributed by atoms with Crippen molar-refractivity contribution in [3.8, 4) is 0 Å². The number of benzene rings is 4. The summed E-state index contributed by atoms with van der Waals surface area (Å²) in [5, 5.41) is 2.74. The Hall–Kier alpha value is -3.98. The number of aldehydes is 1. The van der Waals surface area contributed by atoms with Crippen LogP contribution in [0.1, 0.15) is 60.9 Å². The minimum atomic E-state index is -3.00. The molecule has 238 valence electrons. The molecule has 2 heterocycles. The van der Waals surface area contributed by atoms with Gasteiger partial charge in [-0.2, -0.15) is 0 Å². The number of aromatic amines is 1. The Balaban J connectivity index is 1.38. The van der Waals surface area contributed by atoms with E-state index in [0.29, 0.717) is 18.4 Å². The number of carbonyl (C=O) groups is 1. The molecule has 4 nitrogen and oxygen atoms in total. The lowest BCUT2D eigenvalue weighted by molar-refractivity contribution is 0.0784. The van der Waals surface area contributed by atoms with Crippen LogP contribution in [0.4, 0.5) is 13.2 Å². The number of hydrogen-bond donors (Lipinski definition) is 1. The molecule has 0 amide bonds. The molecule has 4 aromatic carbocycles. The van der Waals surface area contributed by atoms with Crippen LogP contribution in [0.5, 0.6) is 0 Å². The lowest BCUT2D eigenvalue weighted by atomic mass is 9.87. The van der Waals surface area contributed by atoms with Gasteiger partial charge in [-0.3, -0.25) is 9.69 Å². The number of nitrogens with zero attached hydrogens (tertiary/aromatic N) is 1. The molecule has 6 rings (SSSR count). The van der Waals surface area contributed by atoms with E-state index in [1.54, 1.807) is 0 Å². The van der Waals surface area contributed by atoms with Crippen LogP contribution >= 0.6 is 0 Å². The number of rotatable bonds is 9. The molecule has 1 unspecified atom stereocenters. The zero-order chi connectivity index (χ0) is 32.6. The second kappa shape index (κ2) is 12.7. The van der Waals surface area contributed by atoms with E-state index in [9.17, 15) is 4.79 Å². The van der Waals surface area contributed by atoms with Gasteiger partial charge >= 0.3 is 0 Å². The van der Waals surface area contributed by atoms with Gasteiger partial charge in [-0.1, -0.05) is 99.6 Å². The molecule has 0 fully saturated rings. The standard InChI is InChI=1S/C38H39F3N2O2Si/c1-25-19-31-30-17-11-12-18-34(30)42-36(31)37(35-32(40)20-26(23-44)21-33(35)41)43(25)22-27(39)24-45-46(38(2,3)4,28-13-7-5-8-14-28)29-15-9-6-10-16-29/h5-18,20-21,23,25,27,37,42H,19,22,24H2,1-4H3/t25-,27?,37-/m1/s1. The van der Waals surface area contributed by atoms with Crippen LogP contribution < -0.4 is 10.4 Å². The monoisotopic (exact) mass is 640 g/mol. The molecular weight excluding hydrogens is 602 g/mol. The van der Waals surface area contributed by atoms with Crippen molar-refractivity contribution in [3.05, 3.63) is 131 Å². The third kappa shape index (κ3) is 5.63. The second-order valence-corrected chi connectivity index (χ2v) is 17.6. The van der Waals surface area contributed by atoms with E-state index >= 15 is 13.2 Å². The van der Waals surface area contributed by atoms with Crippen LogP contribution in [0.25, 0.3) is 10.9 Å². The van der Waals surface area contributed by atoms with Crippen LogP contribution in [-0.2, 0) is 10.8 Å². The minimum Gasteiger partial charge on any atom is -0.404 e. The Morgan fingerprint density at radius 3 is 2.07 bits per heavy atom. The Labute approximate surface area is 269 Å². The first-order valence-corrected chi connectivity index (χ1v) is 17.6. The quantitative estimate of drug-likeness (QED) is 0.134. The fourth-order valence-electron chi connectivity index (χ4n) is 7.29. The third-order valence-corrected chi connectivity index (χ3v) is 14.3. The molecule has 1 N–H and O–H groups in total. The highest BCUT2D eigenvalue weighted by Crippen LogP contribution is 2.43. The van der Waals surface area contributed by atoms with E-state index in [1.807, 2.05) is 72.5 Å². The van der Waals surface area contributed by atoms with Crippen molar-refractivity contribution in [2.75, 3.05) is 13.2 Å². The lowest BCUT2D eigenvalue weighted by Crippen LogP contribution is -2.67. The largest absolute Gasteiger partial charge is 0.404 e. The first-order chi connectivity index (χ1) is 22.0. The summed E-state index contributed by atoms with van der Waals surface area (Å²) in [6.07, 6.45) is -0.461. The van der Waals surface area contributed by atoms with Gasteiger partial charge in [-0.15, -0.1) is 0 Å². The number of hydrogen-bond acceptors (Lipinski definition) is 3. The number of carbonyl (C=O) groups excluding carboxylic acids is 1. The predicted molar refractivity (Wildman–Crippen MR) is 180 cm³/mol. The van der Waals surface area contributed by atoms with Gasteiger partial charge in [0.05, 0.1) is 12.6 Å². The fourth-order valence-corrected chi connectivity index (χ4v) is 11.9. The van der Waals surface area contributed by atoms with E-state index in [-0.39, 0.29) is 35.4 Å². The molecule has 1 aliphatic heterocycles. The van der Waals surface area contributed by atoms with E-state index in [4.69, 9.17) is 4.43 Å². The fraction of sp³-hybridized carbons (Fsp3) is 0.289. The van der Waals surface area contributed by atoms with Crippen LogP contribution in [0.3, 0.4) is 0 Å². The molecule has 1 aromatic heterocycles. The zero-order valence-corrected chi connectivity index (χ0v) is 27.6. The molecule has 46 heavy (non-hydrogen) atoms. The van der Waals surface area contributed by atoms with Gasteiger partial charge in [-0.05, 0) is 52.5 Å². The number of para-hydroxylation sites is 1. The molecule has 0 spiro atoms. The number of H-pyrrole nitrogens is 1. The topological polar surface area (TPSA) is 45.3 Å². The summed E-state index contributed by atoms with van der Waals surface area (Å²) in [6, 6.07) is 28.8. The van der Waals surface area contributed by atoms with Gasteiger partial charge in [0.25, 0.3) is 8.32 Å². The highest BCUT2D eigenvalue weighted by molar-refractivity contribution is 6.99. The zero-order valence-electron chi connectivity index (χ0n) is 26.6. The molecule has 0 radical (unpaired) electrons. The summed E-state index contributed by atoms with van der Waals surface area (Å²) in [7, 11) is -3.00. The maximum atomic E-state index is 16.5. The number of nitrogens with one attached hydrogen (secondary N) is 1. The van der Waals surface area contributed by atoms with Crippen molar-refractivity contribution in [2.24, 2.45) is 0 Å². The number of alkyl halides is 1. The Bertz CT molecular complexity index is 1780. The van der Waals surface area contributed by atoms with Crippen molar-refractivity contribution >= 4 is 35.9 Å². The highest BCUT2D eigenvalue weighted by Gasteiger charge is 2.50. The molecule has 0 aliphatic carbocycles. The smallest absolute Gasteiger partial charge is 0.261 e. The van der Waals surface area contributed by atoms with E-state index in [0.717, 1.165) is 39.0 Å². The second-order valence-electron chi connectivity index (χ2n) is 13.3. The SMILES string of the molecule is C[C@@H]1Cc2c([nH]c3ccccc23)[C@@H](c2c(F)cc(C=O)cc2F)N1CC(F)CO[Si](c1ccccc1)(c1ccccc1)C(C)(C)C. The van der Waals surface area contributed by atoms with E-state index < -0.39 is 32.2 Å². The first kappa shape index (κ1) is 32.0. The average molecular weight is 641 g/mol.